The lowest BCUT2D eigenvalue weighted by molar-refractivity contribution is -0.0138. The first-order valence-electron chi connectivity index (χ1n) is 5.28. The second-order valence-corrected chi connectivity index (χ2v) is 7.68. The molecule has 0 aliphatic carbocycles. The van der Waals surface area contributed by atoms with Gasteiger partial charge in [-0.2, -0.15) is 4.31 Å². The summed E-state index contributed by atoms with van der Waals surface area (Å²) in [6, 6.07) is 3.29. The molecule has 1 aliphatic heterocycles. The Hall–Kier alpha value is 0.0500. The third-order valence-electron chi connectivity index (χ3n) is 2.68. The normalized spacial score (nSPS) is 27.2. The van der Waals surface area contributed by atoms with Crippen LogP contribution in [0.4, 0.5) is 0 Å². The summed E-state index contributed by atoms with van der Waals surface area (Å²) < 4.78 is 32.2. The summed E-state index contributed by atoms with van der Waals surface area (Å²) >= 11 is 4.58. The van der Waals surface area contributed by atoms with Gasteiger partial charge < -0.3 is 4.74 Å². The Kier molecular flexibility index (Phi) is 4.25. The van der Waals surface area contributed by atoms with Gasteiger partial charge >= 0.3 is 0 Å². The molecule has 2 heterocycles. The second kappa shape index (κ2) is 5.36. The van der Waals surface area contributed by atoms with Gasteiger partial charge in [-0.25, -0.2) is 8.42 Å². The van der Waals surface area contributed by atoms with Crippen molar-refractivity contribution in [3.05, 3.63) is 17.5 Å². The molecule has 0 spiro atoms. The molecule has 0 N–H and O–H groups in total. The largest absolute Gasteiger partial charge is 0.374 e. The number of thiophene rings is 1. The number of hydrogen-bond donors (Lipinski definition) is 0. The molecule has 1 aromatic heterocycles. The number of rotatable bonds is 3. The summed E-state index contributed by atoms with van der Waals surface area (Å²) in [7, 11) is -3.36. The van der Waals surface area contributed by atoms with Gasteiger partial charge in [-0.1, -0.05) is 22.0 Å². The molecule has 1 aromatic rings. The molecular weight excluding hydrogens is 326 g/mol. The minimum Gasteiger partial charge on any atom is -0.374 e. The van der Waals surface area contributed by atoms with E-state index in [2.05, 4.69) is 15.9 Å². The minimum absolute atomic E-state index is 0.0686. The molecule has 1 saturated heterocycles. The van der Waals surface area contributed by atoms with Gasteiger partial charge in [0.2, 0.25) is 0 Å². The maximum Gasteiger partial charge on any atom is 0.252 e. The number of sulfonamides is 1. The highest BCUT2D eigenvalue weighted by molar-refractivity contribution is 9.09. The van der Waals surface area contributed by atoms with Gasteiger partial charge in [0.05, 0.1) is 12.7 Å². The molecule has 96 valence electrons. The fourth-order valence-electron chi connectivity index (χ4n) is 1.75. The average molecular weight is 340 g/mol. The molecule has 17 heavy (non-hydrogen) atoms. The molecule has 1 fully saturated rings. The summed E-state index contributed by atoms with van der Waals surface area (Å²) in [5, 5.41) is 2.43. The number of ether oxygens (including phenoxy) is 1. The van der Waals surface area contributed by atoms with E-state index in [1.165, 1.54) is 15.6 Å². The number of halogens is 1. The van der Waals surface area contributed by atoms with Gasteiger partial charge in [-0.15, -0.1) is 11.3 Å². The number of morpholine rings is 1. The molecule has 0 amide bonds. The van der Waals surface area contributed by atoms with Crippen LogP contribution in [-0.4, -0.2) is 43.4 Å². The lowest BCUT2D eigenvalue weighted by Gasteiger charge is -2.36. The summed E-state index contributed by atoms with van der Waals surface area (Å²) in [6.45, 7) is 2.73. The summed E-state index contributed by atoms with van der Waals surface area (Å²) in [5.74, 6) is 0. The Labute approximate surface area is 114 Å². The fraction of sp³-hybridized carbons (Fsp3) is 0.600. The third-order valence-corrected chi connectivity index (χ3v) is 6.75. The van der Waals surface area contributed by atoms with Crippen molar-refractivity contribution < 1.29 is 13.2 Å². The Morgan fingerprint density at radius 2 is 2.41 bits per heavy atom. The SMILES string of the molecule is CC1COC(CBr)CN1S(=O)(=O)c1cccs1. The maximum absolute atomic E-state index is 12.4. The Morgan fingerprint density at radius 1 is 1.65 bits per heavy atom. The molecule has 0 aromatic carbocycles. The van der Waals surface area contributed by atoms with Crippen LogP contribution in [0.25, 0.3) is 0 Å². The van der Waals surface area contributed by atoms with Crippen molar-refractivity contribution in [1.29, 1.82) is 0 Å². The van der Waals surface area contributed by atoms with Crippen LogP contribution in [0.5, 0.6) is 0 Å². The van der Waals surface area contributed by atoms with Crippen molar-refractivity contribution in [1.82, 2.24) is 4.31 Å². The quantitative estimate of drug-likeness (QED) is 0.790. The van der Waals surface area contributed by atoms with Crippen LogP contribution in [0, 0.1) is 0 Å². The predicted molar refractivity (Wildman–Crippen MR) is 71.2 cm³/mol. The average Bonchev–Trinajstić information content (AvgIpc) is 2.83. The first-order valence-corrected chi connectivity index (χ1v) is 8.72. The molecule has 0 radical (unpaired) electrons. The standard InChI is InChI=1S/C10H14BrNO3S2/c1-8-7-15-9(5-11)6-12(8)17(13,14)10-3-2-4-16-10/h2-4,8-9H,5-7H2,1H3. The third kappa shape index (κ3) is 2.73. The summed E-state index contributed by atoms with van der Waals surface area (Å²) in [4.78, 5) is 0. The Balaban J connectivity index is 2.26. The van der Waals surface area contributed by atoms with Gasteiger partial charge in [0.1, 0.15) is 4.21 Å². The zero-order valence-electron chi connectivity index (χ0n) is 9.37. The van der Waals surface area contributed by atoms with Crippen molar-refractivity contribution >= 4 is 37.3 Å². The molecule has 0 saturated carbocycles. The van der Waals surface area contributed by atoms with Gasteiger partial charge in [0.25, 0.3) is 10.0 Å². The van der Waals surface area contributed by atoms with Crippen molar-refractivity contribution in [2.45, 2.75) is 23.3 Å². The predicted octanol–water partition coefficient (Wildman–Crippen LogP) is 1.92. The molecule has 2 unspecified atom stereocenters. The van der Waals surface area contributed by atoms with E-state index >= 15 is 0 Å². The van der Waals surface area contributed by atoms with E-state index in [-0.39, 0.29) is 12.1 Å². The van der Waals surface area contributed by atoms with Crippen LogP contribution >= 0.6 is 27.3 Å². The van der Waals surface area contributed by atoms with Gasteiger partial charge in [0, 0.05) is 17.9 Å². The van der Waals surface area contributed by atoms with Gasteiger partial charge in [0.15, 0.2) is 0 Å². The second-order valence-electron chi connectivity index (χ2n) is 3.97. The highest BCUT2D eigenvalue weighted by Crippen LogP contribution is 2.25. The van der Waals surface area contributed by atoms with E-state index in [0.29, 0.717) is 22.7 Å². The van der Waals surface area contributed by atoms with Crippen LogP contribution < -0.4 is 0 Å². The maximum atomic E-state index is 12.4. The van der Waals surface area contributed by atoms with Crippen LogP contribution in [0.1, 0.15) is 6.92 Å². The van der Waals surface area contributed by atoms with E-state index in [1.807, 2.05) is 6.92 Å². The molecule has 2 atom stereocenters. The van der Waals surface area contributed by atoms with Crippen molar-refractivity contribution in [2.24, 2.45) is 0 Å². The Bertz CT molecular complexity index is 460. The first-order chi connectivity index (χ1) is 8.05. The lowest BCUT2D eigenvalue weighted by Crippen LogP contribution is -2.51. The fourth-order valence-corrected chi connectivity index (χ4v) is 4.91. The number of alkyl halides is 1. The lowest BCUT2D eigenvalue weighted by atomic mass is 10.2. The van der Waals surface area contributed by atoms with Crippen molar-refractivity contribution in [2.75, 3.05) is 18.5 Å². The van der Waals surface area contributed by atoms with Crippen molar-refractivity contribution in [3.63, 3.8) is 0 Å². The molecule has 2 rings (SSSR count). The molecular formula is C10H14BrNO3S2. The Morgan fingerprint density at radius 3 is 3.00 bits per heavy atom. The van der Waals surface area contributed by atoms with Crippen molar-refractivity contribution in [3.8, 4) is 0 Å². The van der Waals surface area contributed by atoms with E-state index < -0.39 is 10.0 Å². The first kappa shape index (κ1) is 13.5. The zero-order valence-corrected chi connectivity index (χ0v) is 12.6. The minimum atomic E-state index is -3.36. The van der Waals surface area contributed by atoms with Crippen LogP contribution in [0.3, 0.4) is 0 Å². The highest BCUT2D eigenvalue weighted by Gasteiger charge is 2.35. The number of nitrogens with zero attached hydrogens (tertiary/aromatic N) is 1. The van der Waals surface area contributed by atoms with E-state index in [4.69, 9.17) is 4.74 Å². The van der Waals surface area contributed by atoms with Gasteiger partial charge in [-0.3, -0.25) is 0 Å². The molecule has 0 bridgehead atoms. The highest BCUT2D eigenvalue weighted by atomic mass is 79.9. The van der Waals surface area contributed by atoms with E-state index in [1.54, 1.807) is 17.5 Å². The molecule has 1 aliphatic rings. The van der Waals surface area contributed by atoms with Crippen LogP contribution in [0.15, 0.2) is 21.7 Å². The van der Waals surface area contributed by atoms with Gasteiger partial charge in [-0.05, 0) is 18.4 Å². The molecule has 7 heteroatoms. The van der Waals surface area contributed by atoms with Crippen LogP contribution in [-0.2, 0) is 14.8 Å². The zero-order chi connectivity index (χ0) is 12.5. The summed E-state index contributed by atoms with van der Waals surface area (Å²) in [5.41, 5.74) is 0. The number of hydrogen-bond acceptors (Lipinski definition) is 4. The van der Waals surface area contributed by atoms with E-state index in [0.717, 1.165) is 0 Å². The smallest absolute Gasteiger partial charge is 0.252 e. The summed E-state index contributed by atoms with van der Waals surface area (Å²) in [6.07, 6.45) is -0.0686. The van der Waals surface area contributed by atoms with E-state index in [9.17, 15) is 8.42 Å². The monoisotopic (exact) mass is 339 g/mol. The van der Waals surface area contributed by atoms with Crippen LogP contribution in [0.2, 0.25) is 0 Å². The molecule has 4 nitrogen and oxygen atoms in total. The topological polar surface area (TPSA) is 46.6 Å².